The van der Waals surface area contributed by atoms with Crippen molar-refractivity contribution in [3.8, 4) is 11.3 Å². The molecule has 2 aromatic heterocycles. The van der Waals surface area contributed by atoms with E-state index in [0.717, 1.165) is 16.6 Å². The van der Waals surface area contributed by atoms with Crippen molar-refractivity contribution in [1.29, 1.82) is 0 Å². The SMILES string of the molecule is Cn1c(C=Nc2ncc(-c3ccc4ccccc4c3)[nH]2)cnc1[N+](=O)[O-]. The third-order valence-electron chi connectivity index (χ3n) is 4.10. The maximum Gasteiger partial charge on any atom is 0.434 e. The van der Waals surface area contributed by atoms with Gasteiger partial charge in [-0.3, -0.25) is 0 Å². The van der Waals surface area contributed by atoms with Crippen molar-refractivity contribution in [2.75, 3.05) is 0 Å². The van der Waals surface area contributed by atoms with Crippen LogP contribution in [0.4, 0.5) is 11.9 Å². The van der Waals surface area contributed by atoms with Crippen molar-refractivity contribution >= 4 is 28.9 Å². The van der Waals surface area contributed by atoms with Crippen molar-refractivity contribution in [2.24, 2.45) is 12.0 Å². The molecule has 0 amide bonds. The van der Waals surface area contributed by atoms with Crippen LogP contribution in [0, 0.1) is 10.1 Å². The van der Waals surface area contributed by atoms with Gasteiger partial charge >= 0.3 is 5.95 Å². The van der Waals surface area contributed by atoms with Gasteiger partial charge < -0.3 is 15.1 Å². The van der Waals surface area contributed by atoms with Crippen molar-refractivity contribution in [3.63, 3.8) is 0 Å². The van der Waals surface area contributed by atoms with Gasteiger partial charge in [0.25, 0.3) is 0 Å². The van der Waals surface area contributed by atoms with E-state index in [1.165, 1.54) is 22.4 Å². The van der Waals surface area contributed by atoms with Crippen LogP contribution in [0.1, 0.15) is 5.69 Å². The molecular formula is C18H14N6O2. The Morgan fingerprint density at radius 1 is 1.15 bits per heavy atom. The van der Waals surface area contributed by atoms with Gasteiger partial charge in [0.05, 0.1) is 25.2 Å². The minimum atomic E-state index is -0.540. The number of aromatic nitrogens is 4. The summed E-state index contributed by atoms with van der Waals surface area (Å²) >= 11 is 0. The smallest absolute Gasteiger partial charge is 0.390 e. The maximum absolute atomic E-state index is 10.8. The molecule has 0 spiro atoms. The van der Waals surface area contributed by atoms with Crippen LogP contribution in [-0.2, 0) is 7.05 Å². The first-order chi connectivity index (χ1) is 12.6. The molecule has 1 N–H and O–H groups in total. The quantitative estimate of drug-likeness (QED) is 0.346. The zero-order valence-electron chi connectivity index (χ0n) is 13.8. The number of hydrogen-bond donors (Lipinski definition) is 1. The Bertz CT molecular complexity index is 1140. The summed E-state index contributed by atoms with van der Waals surface area (Å²) in [5.41, 5.74) is 2.37. The van der Waals surface area contributed by atoms with E-state index >= 15 is 0 Å². The number of fused-ring (bicyclic) bond motifs is 1. The molecule has 0 aliphatic rings. The molecule has 2 aromatic carbocycles. The second-order valence-corrected chi connectivity index (χ2v) is 5.74. The Morgan fingerprint density at radius 2 is 1.96 bits per heavy atom. The van der Waals surface area contributed by atoms with E-state index in [1.807, 2.05) is 18.2 Å². The zero-order chi connectivity index (χ0) is 18.1. The van der Waals surface area contributed by atoms with Crippen LogP contribution in [0.3, 0.4) is 0 Å². The highest BCUT2D eigenvalue weighted by Crippen LogP contribution is 2.24. The summed E-state index contributed by atoms with van der Waals surface area (Å²) in [7, 11) is 1.56. The van der Waals surface area contributed by atoms with Gasteiger partial charge in [0.1, 0.15) is 6.20 Å². The first kappa shape index (κ1) is 15.7. The highest BCUT2D eigenvalue weighted by atomic mass is 16.6. The van der Waals surface area contributed by atoms with Gasteiger partial charge in [-0.25, -0.2) is 14.5 Å². The first-order valence-electron chi connectivity index (χ1n) is 7.86. The fourth-order valence-corrected chi connectivity index (χ4v) is 2.71. The fourth-order valence-electron chi connectivity index (χ4n) is 2.71. The van der Waals surface area contributed by atoms with Crippen molar-refractivity contribution < 1.29 is 4.92 Å². The Balaban J connectivity index is 1.60. The van der Waals surface area contributed by atoms with Crippen LogP contribution in [-0.4, -0.2) is 30.7 Å². The van der Waals surface area contributed by atoms with Crippen molar-refractivity contribution in [2.45, 2.75) is 0 Å². The van der Waals surface area contributed by atoms with E-state index in [-0.39, 0.29) is 5.95 Å². The number of imidazole rings is 2. The molecule has 0 saturated carbocycles. The molecule has 8 nitrogen and oxygen atoms in total. The highest BCUT2D eigenvalue weighted by Gasteiger charge is 2.15. The lowest BCUT2D eigenvalue weighted by molar-refractivity contribution is -0.396. The summed E-state index contributed by atoms with van der Waals surface area (Å²) in [5.74, 6) is 0.180. The average Bonchev–Trinajstić information content (AvgIpc) is 3.26. The van der Waals surface area contributed by atoms with Gasteiger partial charge in [-0.1, -0.05) is 41.4 Å². The molecule has 128 valence electrons. The molecule has 0 atom stereocenters. The number of hydrogen-bond acceptors (Lipinski definition) is 5. The Hall–Kier alpha value is -3.81. The monoisotopic (exact) mass is 346 g/mol. The molecule has 0 aliphatic carbocycles. The topological polar surface area (TPSA) is 102 Å². The first-order valence-corrected chi connectivity index (χ1v) is 7.86. The summed E-state index contributed by atoms with van der Waals surface area (Å²) in [6, 6.07) is 14.3. The lowest BCUT2D eigenvalue weighted by Gasteiger charge is -2.01. The second-order valence-electron chi connectivity index (χ2n) is 5.74. The number of benzene rings is 2. The summed E-state index contributed by atoms with van der Waals surface area (Å²) < 4.78 is 1.36. The summed E-state index contributed by atoms with van der Waals surface area (Å²) in [4.78, 5) is 25.7. The Labute approximate surface area is 148 Å². The third-order valence-corrected chi connectivity index (χ3v) is 4.10. The van der Waals surface area contributed by atoms with Gasteiger partial charge in [-0.2, -0.15) is 0 Å². The van der Waals surface area contributed by atoms with Crippen LogP contribution in [0.15, 0.2) is 59.9 Å². The molecule has 0 unspecified atom stereocenters. The summed E-state index contributed by atoms with van der Waals surface area (Å²) in [6.45, 7) is 0. The lowest BCUT2D eigenvalue weighted by atomic mass is 10.1. The van der Waals surface area contributed by atoms with E-state index in [0.29, 0.717) is 11.6 Å². The predicted molar refractivity (Wildman–Crippen MR) is 98.6 cm³/mol. The average molecular weight is 346 g/mol. The van der Waals surface area contributed by atoms with Crippen LogP contribution in [0.5, 0.6) is 0 Å². The fraction of sp³-hybridized carbons (Fsp3) is 0.0556. The third kappa shape index (κ3) is 2.84. The Kier molecular flexibility index (Phi) is 3.77. The van der Waals surface area contributed by atoms with E-state index in [9.17, 15) is 10.1 Å². The molecule has 26 heavy (non-hydrogen) atoms. The number of aromatic amines is 1. The maximum atomic E-state index is 10.8. The largest absolute Gasteiger partial charge is 0.434 e. The highest BCUT2D eigenvalue weighted by molar-refractivity contribution is 5.87. The van der Waals surface area contributed by atoms with Crippen molar-refractivity contribution in [1.82, 2.24) is 19.5 Å². The van der Waals surface area contributed by atoms with Crippen LogP contribution in [0.25, 0.3) is 22.0 Å². The van der Waals surface area contributed by atoms with E-state index in [1.54, 1.807) is 13.2 Å². The molecule has 2 heterocycles. The minimum Gasteiger partial charge on any atom is -0.390 e. The van der Waals surface area contributed by atoms with E-state index < -0.39 is 4.92 Å². The number of nitrogens with one attached hydrogen (secondary N) is 1. The molecule has 0 fully saturated rings. The van der Waals surface area contributed by atoms with E-state index in [4.69, 9.17) is 0 Å². The van der Waals surface area contributed by atoms with Gasteiger partial charge in [0.2, 0.25) is 5.95 Å². The molecule has 0 saturated heterocycles. The lowest BCUT2D eigenvalue weighted by Crippen LogP contribution is -2.01. The van der Waals surface area contributed by atoms with Crippen LogP contribution >= 0.6 is 0 Å². The number of nitro groups is 1. The number of nitrogens with zero attached hydrogens (tertiary/aromatic N) is 5. The molecule has 4 rings (SSSR count). The van der Waals surface area contributed by atoms with E-state index in [2.05, 4.69) is 44.2 Å². The van der Waals surface area contributed by atoms with Gasteiger partial charge in [-0.15, -0.1) is 0 Å². The van der Waals surface area contributed by atoms with Gasteiger partial charge in [-0.05, 0) is 21.8 Å². The van der Waals surface area contributed by atoms with Crippen molar-refractivity contribution in [3.05, 3.63) is 70.7 Å². The standard InChI is InChI=1S/C18H14N6O2/c1-23-15(10-21-18(23)24(25)26)9-19-17-20-11-16(22-17)14-7-6-12-4-2-3-5-13(12)8-14/h2-11H,1H3,(H,20,22). The molecule has 8 heteroatoms. The molecule has 0 radical (unpaired) electrons. The van der Waals surface area contributed by atoms with Crippen LogP contribution < -0.4 is 0 Å². The predicted octanol–water partition coefficient (Wildman–Crippen LogP) is 3.62. The molecular weight excluding hydrogens is 332 g/mol. The summed E-state index contributed by atoms with van der Waals surface area (Å²) in [5, 5.41) is 13.1. The van der Waals surface area contributed by atoms with Gasteiger partial charge in [0, 0.05) is 5.56 Å². The normalized spacial score (nSPS) is 11.4. The molecule has 4 aromatic rings. The Morgan fingerprint density at radius 3 is 2.73 bits per heavy atom. The number of aliphatic imine (C=N–C) groups is 1. The van der Waals surface area contributed by atoms with Crippen LogP contribution in [0.2, 0.25) is 0 Å². The zero-order valence-corrected chi connectivity index (χ0v) is 13.8. The number of rotatable bonds is 4. The molecule has 0 aliphatic heterocycles. The minimum absolute atomic E-state index is 0.234. The number of H-pyrrole nitrogens is 1. The summed E-state index contributed by atoms with van der Waals surface area (Å²) in [6.07, 6.45) is 4.60. The molecule has 0 bridgehead atoms. The second kappa shape index (κ2) is 6.25. The van der Waals surface area contributed by atoms with Gasteiger partial charge in [0.15, 0.2) is 5.69 Å².